The Bertz CT molecular complexity index is 784. The van der Waals surface area contributed by atoms with Gasteiger partial charge in [0.05, 0.1) is 12.1 Å². The monoisotopic (exact) mass is 340 g/mol. The Kier molecular flexibility index (Phi) is 4.03. The summed E-state index contributed by atoms with van der Waals surface area (Å²) in [6.07, 6.45) is 5.06. The fourth-order valence-corrected chi connectivity index (χ4v) is 3.23. The Hall–Kier alpha value is -2.63. The molecule has 2 fully saturated rings. The number of carboxylic acids is 1. The first-order valence-corrected chi connectivity index (χ1v) is 8.70. The molecule has 0 bridgehead atoms. The van der Waals surface area contributed by atoms with Crippen LogP contribution in [-0.2, 0) is 4.79 Å². The van der Waals surface area contributed by atoms with Crippen molar-refractivity contribution in [3.8, 4) is 11.3 Å². The van der Waals surface area contributed by atoms with Crippen LogP contribution in [0.15, 0.2) is 34.9 Å². The van der Waals surface area contributed by atoms with Gasteiger partial charge in [-0.25, -0.2) is 4.98 Å². The minimum Gasteiger partial charge on any atom is -0.481 e. The maximum absolute atomic E-state index is 12.6. The molecule has 1 aromatic heterocycles. The number of benzene rings is 1. The highest BCUT2D eigenvalue weighted by molar-refractivity contribution is 5.94. The second-order valence-corrected chi connectivity index (χ2v) is 6.82. The molecule has 1 aromatic carbocycles. The number of likely N-dealkylation sites (tertiary alicyclic amines) is 1. The molecule has 0 radical (unpaired) electrons. The number of oxazole rings is 1. The lowest BCUT2D eigenvalue weighted by Gasteiger charge is -2.30. The number of nitrogens with zero attached hydrogens (tertiary/aromatic N) is 2. The molecule has 2 aliphatic rings. The van der Waals surface area contributed by atoms with Crippen LogP contribution in [0.25, 0.3) is 11.3 Å². The molecule has 1 N–H and O–H groups in total. The fraction of sp³-hybridized carbons (Fsp3) is 0.421. The fourth-order valence-electron chi connectivity index (χ4n) is 3.23. The van der Waals surface area contributed by atoms with E-state index >= 15 is 0 Å². The summed E-state index contributed by atoms with van der Waals surface area (Å²) in [7, 11) is 0. The van der Waals surface area contributed by atoms with Crippen molar-refractivity contribution in [3.05, 3.63) is 41.9 Å². The molecular weight excluding hydrogens is 320 g/mol. The smallest absolute Gasteiger partial charge is 0.306 e. The third-order valence-corrected chi connectivity index (χ3v) is 5.00. The number of carboxylic acid groups (broad SMARTS) is 1. The van der Waals surface area contributed by atoms with Crippen LogP contribution in [0.1, 0.15) is 47.8 Å². The van der Waals surface area contributed by atoms with Crippen molar-refractivity contribution in [1.82, 2.24) is 9.88 Å². The third-order valence-electron chi connectivity index (χ3n) is 5.00. The standard InChI is InChI=1S/C19H20N2O4/c22-18(21-9-7-15(8-10-21)19(23)24)14-5-1-12(2-6-14)16-11-20-17(25-16)13-3-4-13/h1-2,5-6,11,13,15H,3-4,7-10H2,(H,23,24). The summed E-state index contributed by atoms with van der Waals surface area (Å²) in [5, 5.41) is 9.04. The molecule has 0 atom stereocenters. The number of carbonyl (C=O) groups is 2. The largest absolute Gasteiger partial charge is 0.481 e. The zero-order valence-corrected chi connectivity index (χ0v) is 13.9. The molecule has 1 aliphatic carbocycles. The highest BCUT2D eigenvalue weighted by Crippen LogP contribution is 2.40. The Morgan fingerprint density at radius 1 is 1.08 bits per heavy atom. The van der Waals surface area contributed by atoms with Crippen molar-refractivity contribution >= 4 is 11.9 Å². The summed E-state index contributed by atoms with van der Waals surface area (Å²) in [5.41, 5.74) is 1.51. The zero-order chi connectivity index (χ0) is 17.4. The number of rotatable bonds is 4. The number of hydrogen-bond donors (Lipinski definition) is 1. The number of aliphatic carboxylic acids is 1. The van der Waals surface area contributed by atoms with Crippen molar-refractivity contribution in [2.75, 3.05) is 13.1 Å². The van der Waals surface area contributed by atoms with Gasteiger partial charge in [0.15, 0.2) is 11.7 Å². The molecule has 25 heavy (non-hydrogen) atoms. The van der Waals surface area contributed by atoms with Gasteiger partial charge in [-0.2, -0.15) is 0 Å². The Morgan fingerprint density at radius 2 is 1.76 bits per heavy atom. The predicted octanol–water partition coefficient (Wildman–Crippen LogP) is 3.16. The molecule has 130 valence electrons. The van der Waals surface area contributed by atoms with E-state index in [0.29, 0.717) is 37.4 Å². The van der Waals surface area contributed by atoms with E-state index in [9.17, 15) is 9.59 Å². The SMILES string of the molecule is O=C(O)C1CCN(C(=O)c2ccc(-c3cnc(C4CC4)o3)cc2)CC1. The van der Waals surface area contributed by atoms with E-state index in [0.717, 1.165) is 30.1 Å². The number of hydrogen-bond acceptors (Lipinski definition) is 4. The van der Waals surface area contributed by atoms with E-state index in [4.69, 9.17) is 9.52 Å². The highest BCUT2D eigenvalue weighted by Gasteiger charge is 2.29. The maximum atomic E-state index is 12.6. The topological polar surface area (TPSA) is 83.6 Å². The van der Waals surface area contributed by atoms with Crippen molar-refractivity contribution in [2.45, 2.75) is 31.6 Å². The van der Waals surface area contributed by atoms with Crippen LogP contribution in [0.4, 0.5) is 0 Å². The molecule has 6 heteroatoms. The van der Waals surface area contributed by atoms with Crippen LogP contribution in [0.5, 0.6) is 0 Å². The second kappa shape index (κ2) is 6.35. The van der Waals surface area contributed by atoms with Gasteiger partial charge in [-0.15, -0.1) is 0 Å². The first-order valence-electron chi connectivity index (χ1n) is 8.70. The number of amides is 1. The average Bonchev–Trinajstić information content (AvgIpc) is 3.38. The van der Waals surface area contributed by atoms with Crippen LogP contribution in [0.2, 0.25) is 0 Å². The van der Waals surface area contributed by atoms with Gasteiger partial charge in [-0.05, 0) is 37.8 Å². The van der Waals surface area contributed by atoms with E-state index in [1.807, 2.05) is 12.1 Å². The Balaban J connectivity index is 1.42. The Morgan fingerprint density at radius 3 is 2.36 bits per heavy atom. The molecule has 4 rings (SSSR count). The van der Waals surface area contributed by atoms with Crippen molar-refractivity contribution < 1.29 is 19.1 Å². The molecule has 1 aliphatic heterocycles. The normalized spacial score (nSPS) is 18.3. The molecule has 1 amide bonds. The van der Waals surface area contributed by atoms with Crippen LogP contribution < -0.4 is 0 Å². The van der Waals surface area contributed by atoms with Gasteiger partial charge in [0, 0.05) is 30.1 Å². The van der Waals surface area contributed by atoms with E-state index in [2.05, 4.69) is 4.98 Å². The molecule has 0 spiro atoms. The van der Waals surface area contributed by atoms with Crippen molar-refractivity contribution in [2.24, 2.45) is 5.92 Å². The van der Waals surface area contributed by atoms with Gasteiger partial charge in [0.25, 0.3) is 5.91 Å². The van der Waals surface area contributed by atoms with E-state index in [-0.39, 0.29) is 11.8 Å². The average molecular weight is 340 g/mol. The summed E-state index contributed by atoms with van der Waals surface area (Å²) in [6.45, 7) is 0.981. The quantitative estimate of drug-likeness (QED) is 0.924. The van der Waals surface area contributed by atoms with Gasteiger partial charge in [0.2, 0.25) is 0 Å². The molecule has 0 unspecified atom stereocenters. The van der Waals surface area contributed by atoms with Gasteiger partial charge in [0.1, 0.15) is 0 Å². The van der Waals surface area contributed by atoms with Gasteiger partial charge >= 0.3 is 5.97 Å². The number of piperidine rings is 1. The van der Waals surface area contributed by atoms with E-state index in [1.165, 1.54) is 0 Å². The Labute approximate surface area is 145 Å². The summed E-state index contributed by atoms with van der Waals surface area (Å²) in [4.78, 5) is 29.6. The van der Waals surface area contributed by atoms with Crippen LogP contribution >= 0.6 is 0 Å². The molecule has 1 saturated heterocycles. The lowest BCUT2D eigenvalue weighted by Crippen LogP contribution is -2.40. The lowest BCUT2D eigenvalue weighted by molar-refractivity contribution is -0.143. The first kappa shape index (κ1) is 15.9. The van der Waals surface area contributed by atoms with Crippen LogP contribution in [0, 0.1) is 5.92 Å². The molecular formula is C19H20N2O4. The zero-order valence-electron chi connectivity index (χ0n) is 13.9. The van der Waals surface area contributed by atoms with Crippen molar-refractivity contribution in [3.63, 3.8) is 0 Å². The van der Waals surface area contributed by atoms with Gasteiger partial charge in [-0.1, -0.05) is 12.1 Å². The molecule has 2 heterocycles. The number of carbonyl (C=O) groups excluding carboxylic acids is 1. The highest BCUT2D eigenvalue weighted by atomic mass is 16.4. The van der Waals surface area contributed by atoms with Gasteiger partial charge in [-0.3, -0.25) is 9.59 Å². The second-order valence-electron chi connectivity index (χ2n) is 6.82. The van der Waals surface area contributed by atoms with Gasteiger partial charge < -0.3 is 14.4 Å². The maximum Gasteiger partial charge on any atom is 0.306 e. The molecule has 2 aromatic rings. The summed E-state index contributed by atoms with van der Waals surface area (Å²) in [6, 6.07) is 7.32. The predicted molar refractivity (Wildman–Crippen MR) is 90.2 cm³/mol. The lowest BCUT2D eigenvalue weighted by atomic mass is 9.96. The van der Waals surface area contributed by atoms with Crippen molar-refractivity contribution in [1.29, 1.82) is 0 Å². The minimum atomic E-state index is -0.769. The summed E-state index contributed by atoms with van der Waals surface area (Å²) < 4.78 is 5.78. The van der Waals surface area contributed by atoms with E-state index in [1.54, 1.807) is 23.2 Å². The number of aromatic nitrogens is 1. The first-order chi connectivity index (χ1) is 12.1. The molecule has 1 saturated carbocycles. The van der Waals surface area contributed by atoms with Crippen LogP contribution in [-0.4, -0.2) is 40.0 Å². The van der Waals surface area contributed by atoms with E-state index < -0.39 is 5.97 Å². The van der Waals surface area contributed by atoms with Crippen LogP contribution in [0.3, 0.4) is 0 Å². The third kappa shape index (κ3) is 3.29. The summed E-state index contributed by atoms with van der Waals surface area (Å²) in [5.74, 6) is 0.849. The minimum absolute atomic E-state index is 0.0494. The summed E-state index contributed by atoms with van der Waals surface area (Å²) >= 11 is 0. The molecule has 6 nitrogen and oxygen atoms in total.